The number of rotatable bonds is 0. The normalized spacial score (nSPS) is 15.6. The van der Waals surface area contributed by atoms with Crippen molar-refractivity contribution < 1.29 is 14.3 Å². The fourth-order valence-electron chi connectivity index (χ4n) is 1.78. The molecule has 2 amide bonds. The third kappa shape index (κ3) is 2.68. The highest BCUT2D eigenvalue weighted by Gasteiger charge is 2.32. The van der Waals surface area contributed by atoms with Gasteiger partial charge in [-0.05, 0) is 49.4 Å². The molecule has 1 aliphatic rings. The van der Waals surface area contributed by atoms with E-state index in [1.165, 1.54) is 0 Å². The smallest absolute Gasteiger partial charge is 0.417 e. The number of imide groups is 1. The number of aromatic nitrogens is 1. The summed E-state index contributed by atoms with van der Waals surface area (Å²) in [5.41, 5.74) is -0.0536. The maximum Gasteiger partial charge on any atom is 0.417 e. The first-order valence-corrected chi connectivity index (χ1v) is 6.76. The van der Waals surface area contributed by atoms with Crippen LogP contribution in [-0.2, 0) is 11.3 Å². The number of carbonyl (C=O) groups is 2. The van der Waals surface area contributed by atoms with Crippen molar-refractivity contribution in [2.45, 2.75) is 32.9 Å². The molecule has 1 aliphatic heterocycles. The first-order valence-electron chi connectivity index (χ1n) is 5.68. The number of amides is 2. The van der Waals surface area contributed by atoms with E-state index < -0.39 is 11.7 Å². The molecule has 0 fully saturated rings. The average Bonchev–Trinajstić information content (AvgIpc) is 2.57. The zero-order chi connectivity index (χ0) is 13.5. The van der Waals surface area contributed by atoms with Gasteiger partial charge < -0.3 is 9.30 Å². The number of hydrogen-bond acceptors (Lipinski definition) is 3. The molecule has 0 radical (unpaired) electrons. The van der Waals surface area contributed by atoms with E-state index in [4.69, 9.17) is 4.74 Å². The van der Waals surface area contributed by atoms with E-state index in [9.17, 15) is 9.59 Å². The van der Waals surface area contributed by atoms with Crippen LogP contribution < -0.4 is 0 Å². The van der Waals surface area contributed by atoms with Crippen LogP contribution in [0.1, 0.15) is 31.3 Å². The zero-order valence-corrected chi connectivity index (χ0v) is 12.7. The Kier molecular flexibility index (Phi) is 3.39. The Hall–Kier alpha value is -1.05. The van der Waals surface area contributed by atoms with Crippen molar-refractivity contribution >= 4 is 34.6 Å². The van der Waals surface area contributed by atoms with Gasteiger partial charge in [0.2, 0.25) is 0 Å². The Morgan fingerprint density at radius 1 is 1.39 bits per heavy atom. The number of fused-ring (bicyclic) bond motifs is 1. The van der Waals surface area contributed by atoms with Crippen LogP contribution in [0.5, 0.6) is 0 Å². The molecule has 0 N–H and O–H groups in total. The Morgan fingerprint density at radius 2 is 2.06 bits per heavy atom. The maximum atomic E-state index is 12.2. The van der Waals surface area contributed by atoms with Crippen LogP contribution in [0, 0.1) is 3.57 Å². The van der Waals surface area contributed by atoms with Gasteiger partial charge in [0.1, 0.15) is 11.3 Å². The lowest BCUT2D eigenvalue weighted by Gasteiger charge is -2.29. The Bertz CT molecular complexity index is 502. The second-order valence-corrected chi connectivity index (χ2v) is 6.42. The SMILES string of the molecule is CC(C)(C)OC(=O)N1CCn2cc(I)cc2C1=O. The summed E-state index contributed by atoms with van der Waals surface area (Å²) in [6.07, 6.45) is 1.33. The van der Waals surface area contributed by atoms with Crippen LogP contribution >= 0.6 is 22.6 Å². The highest BCUT2D eigenvalue weighted by Crippen LogP contribution is 2.19. The quantitative estimate of drug-likeness (QED) is 0.667. The van der Waals surface area contributed by atoms with Crippen LogP contribution in [0.25, 0.3) is 0 Å². The van der Waals surface area contributed by atoms with Gasteiger partial charge in [0.15, 0.2) is 0 Å². The predicted molar refractivity (Wildman–Crippen MR) is 74.4 cm³/mol. The summed E-state index contributed by atoms with van der Waals surface area (Å²) in [5, 5.41) is 0. The van der Waals surface area contributed by atoms with Gasteiger partial charge >= 0.3 is 6.09 Å². The molecule has 1 aromatic rings. The van der Waals surface area contributed by atoms with Crippen LogP contribution in [0.3, 0.4) is 0 Å². The number of carbonyl (C=O) groups excluding carboxylic acids is 2. The van der Waals surface area contributed by atoms with Gasteiger partial charge in [0, 0.05) is 16.3 Å². The third-order valence-corrected chi connectivity index (χ3v) is 3.10. The second kappa shape index (κ2) is 4.56. The number of halogens is 1. The molecule has 0 spiro atoms. The van der Waals surface area contributed by atoms with E-state index in [1.54, 1.807) is 26.8 Å². The Morgan fingerprint density at radius 3 is 2.67 bits per heavy atom. The monoisotopic (exact) mass is 362 g/mol. The van der Waals surface area contributed by atoms with Crippen LogP contribution in [0.2, 0.25) is 0 Å². The summed E-state index contributed by atoms with van der Waals surface area (Å²) in [7, 11) is 0. The van der Waals surface area contributed by atoms with Crippen LogP contribution in [-0.4, -0.2) is 33.6 Å². The molecular formula is C12H15IN2O3. The van der Waals surface area contributed by atoms with Crippen LogP contribution in [0.4, 0.5) is 4.79 Å². The summed E-state index contributed by atoms with van der Waals surface area (Å²) >= 11 is 2.15. The Balaban J connectivity index is 2.19. The van der Waals surface area contributed by atoms with Gasteiger partial charge in [-0.3, -0.25) is 4.79 Å². The first-order chi connectivity index (χ1) is 8.28. The van der Waals surface area contributed by atoms with Crippen molar-refractivity contribution in [3.63, 3.8) is 0 Å². The summed E-state index contributed by atoms with van der Waals surface area (Å²) < 4.78 is 8.08. The molecule has 0 aliphatic carbocycles. The fraction of sp³-hybridized carbons (Fsp3) is 0.500. The van der Waals surface area contributed by atoms with Crippen LogP contribution in [0.15, 0.2) is 12.3 Å². The largest absolute Gasteiger partial charge is 0.443 e. The minimum Gasteiger partial charge on any atom is -0.443 e. The van der Waals surface area contributed by atoms with E-state index in [-0.39, 0.29) is 5.91 Å². The molecule has 0 unspecified atom stereocenters. The number of hydrogen-bond donors (Lipinski definition) is 0. The molecule has 98 valence electrons. The van der Waals surface area contributed by atoms with Crippen molar-refractivity contribution in [2.24, 2.45) is 0 Å². The molecule has 2 rings (SSSR count). The van der Waals surface area contributed by atoms with Crippen molar-refractivity contribution in [3.05, 3.63) is 21.5 Å². The topological polar surface area (TPSA) is 51.5 Å². The molecule has 2 heterocycles. The van der Waals surface area contributed by atoms with Gasteiger partial charge in [0.25, 0.3) is 5.91 Å². The lowest BCUT2D eigenvalue weighted by atomic mass is 10.2. The van der Waals surface area contributed by atoms with Gasteiger partial charge in [-0.15, -0.1) is 0 Å². The summed E-state index contributed by atoms with van der Waals surface area (Å²) in [5.74, 6) is -0.293. The molecule has 0 saturated heterocycles. The Labute approximate surface area is 119 Å². The lowest BCUT2D eigenvalue weighted by Crippen LogP contribution is -2.46. The van der Waals surface area contributed by atoms with Gasteiger partial charge in [0.05, 0.1) is 6.54 Å². The maximum absolute atomic E-state index is 12.2. The number of nitrogens with zero attached hydrogens (tertiary/aromatic N) is 2. The molecule has 0 saturated carbocycles. The van der Waals surface area contributed by atoms with E-state index in [0.29, 0.717) is 18.8 Å². The highest BCUT2D eigenvalue weighted by molar-refractivity contribution is 14.1. The minimum absolute atomic E-state index is 0.293. The van der Waals surface area contributed by atoms with Crippen molar-refractivity contribution in [1.29, 1.82) is 0 Å². The molecule has 0 bridgehead atoms. The molecule has 0 atom stereocenters. The van der Waals surface area contributed by atoms with E-state index in [2.05, 4.69) is 22.6 Å². The molecule has 1 aromatic heterocycles. The number of ether oxygens (including phenoxy) is 1. The fourth-order valence-corrected chi connectivity index (χ4v) is 2.41. The van der Waals surface area contributed by atoms with Gasteiger partial charge in [-0.1, -0.05) is 0 Å². The first kappa shape index (κ1) is 13.4. The summed E-state index contributed by atoms with van der Waals surface area (Å²) in [6, 6.07) is 1.78. The molecular weight excluding hydrogens is 347 g/mol. The third-order valence-electron chi connectivity index (χ3n) is 2.51. The highest BCUT2D eigenvalue weighted by atomic mass is 127. The average molecular weight is 362 g/mol. The van der Waals surface area contributed by atoms with Crippen molar-refractivity contribution in [1.82, 2.24) is 9.47 Å². The van der Waals surface area contributed by atoms with Crippen molar-refractivity contribution in [3.8, 4) is 0 Å². The second-order valence-electron chi connectivity index (χ2n) is 5.17. The molecule has 5 nitrogen and oxygen atoms in total. The standard InChI is InChI=1S/C12H15IN2O3/c1-12(2,3)18-11(17)15-5-4-14-7-8(13)6-9(14)10(15)16/h6-7H,4-5H2,1-3H3. The van der Waals surface area contributed by atoms with Crippen molar-refractivity contribution in [2.75, 3.05) is 6.54 Å². The minimum atomic E-state index is -0.592. The molecule has 18 heavy (non-hydrogen) atoms. The molecule has 6 heteroatoms. The zero-order valence-electron chi connectivity index (χ0n) is 10.6. The van der Waals surface area contributed by atoms with E-state index in [0.717, 1.165) is 8.47 Å². The van der Waals surface area contributed by atoms with Gasteiger partial charge in [-0.2, -0.15) is 0 Å². The lowest BCUT2D eigenvalue weighted by molar-refractivity contribution is 0.0213. The van der Waals surface area contributed by atoms with E-state index >= 15 is 0 Å². The summed E-state index contributed by atoms with van der Waals surface area (Å²) in [6.45, 7) is 6.32. The predicted octanol–water partition coefficient (Wildman–Crippen LogP) is 2.48. The van der Waals surface area contributed by atoms with E-state index in [1.807, 2.05) is 10.8 Å². The summed E-state index contributed by atoms with van der Waals surface area (Å²) in [4.78, 5) is 25.2. The van der Waals surface area contributed by atoms with Gasteiger partial charge in [-0.25, -0.2) is 9.69 Å². The molecule has 0 aromatic carbocycles.